The molecule has 1 aliphatic rings. The average Bonchev–Trinajstić information content (AvgIpc) is 2.94. The number of carbonyl (C=O) groups excluding carboxylic acids is 2. The predicted molar refractivity (Wildman–Crippen MR) is 98.0 cm³/mol. The van der Waals surface area contributed by atoms with Gasteiger partial charge in [0, 0.05) is 40.7 Å². The first kappa shape index (κ1) is 16.8. The van der Waals surface area contributed by atoms with E-state index < -0.39 is 0 Å². The number of benzene rings is 2. The fraction of sp³-hybridized carbons (Fsp3) is 0.200. The van der Waals surface area contributed by atoms with E-state index in [0.717, 1.165) is 23.4 Å². The molecule has 25 heavy (non-hydrogen) atoms. The maximum Gasteiger partial charge on any atom is 0.255 e. The second kappa shape index (κ2) is 7.21. The monoisotopic (exact) mass is 336 g/mol. The number of allylic oxidation sites excluding steroid dienone is 2. The number of anilines is 2. The number of ether oxygens (including phenoxy) is 1. The zero-order valence-electron chi connectivity index (χ0n) is 14.3. The van der Waals surface area contributed by atoms with Crippen molar-refractivity contribution in [1.29, 1.82) is 0 Å². The fourth-order valence-electron chi connectivity index (χ4n) is 2.72. The number of ketones is 1. The number of amides is 1. The van der Waals surface area contributed by atoms with E-state index in [0.29, 0.717) is 23.4 Å². The summed E-state index contributed by atoms with van der Waals surface area (Å²) >= 11 is 0. The molecule has 0 bridgehead atoms. The first-order chi connectivity index (χ1) is 12.1. The molecule has 0 spiro atoms. The van der Waals surface area contributed by atoms with Crippen LogP contribution >= 0.6 is 0 Å². The summed E-state index contributed by atoms with van der Waals surface area (Å²) in [6.07, 6.45) is 1.30. The quantitative estimate of drug-likeness (QED) is 0.866. The topological polar surface area (TPSA) is 67.4 Å². The Kier molecular flexibility index (Phi) is 4.84. The molecule has 0 radical (unpaired) electrons. The van der Waals surface area contributed by atoms with Gasteiger partial charge in [-0.05, 0) is 49.7 Å². The molecule has 5 heteroatoms. The van der Waals surface area contributed by atoms with Gasteiger partial charge in [0.05, 0.1) is 7.11 Å². The third kappa shape index (κ3) is 3.88. The van der Waals surface area contributed by atoms with Crippen molar-refractivity contribution < 1.29 is 14.3 Å². The second-order valence-corrected chi connectivity index (χ2v) is 5.92. The summed E-state index contributed by atoms with van der Waals surface area (Å²) < 4.78 is 5.15. The van der Waals surface area contributed by atoms with Gasteiger partial charge in [-0.3, -0.25) is 9.59 Å². The maximum atomic E-state index is 12.3. The highest BCUT2D eigenvalue weighted by atomic mass is 16.5. The molecule has 0 fully saturated rings. The lowest BCUT2D eigenvalue weighted by Crippen LogP contribution is -2.12. The van der Waals surface area contributed by atoms with Crippen LogP contribution in [0.1, 0.15) is 30.1 Å². The molecule has 0 saturated carbocycles. The molecule has 0 saturated heterocycles. The van der Waals surface area contributed by atoms with Crippen LogP contribution in [0.2, 0.25) is 0 Å². The van der Waals surface area contributed by atoms with E-state index in [1.54, 1.807) is 25.3 Å². The van der Waals surface area contributed by atoms with E-state index in [9.17, 15) is 9.59 Å². The fourth-order valence-corrected chi connectivity index (χ4v) is 2.72. The largest absolute Gasteiger partial charge is 0.497 e. The Hall–Kier alpha value is -3.08. The van der Waals surface area contributed by atoms with E-state index in [4.69, 9.17) is 4.74 Å². The molecular formula is C20H20N2O3. The Labute approximate surface area is 146 Å². The van der Waals surface area contributed by atoms with Gasteiger partial charge in [0.2, 0.25) is 0 Å². The van der Waals surface area contributed by atoms with Crippen LogP contribution in [-0.2, 0) is 4.79 Å². The minimum atomic E-state index is -0.189. The summed E-state index contributed by atoms with van der Waals surface area (Å²) in [6.45, 7) is 1.84. The van der Waals surface area contributed by atoms with Crippen molar-refractivity contribution in [2.24, 2.45) is 0 Å². The maximum absolute atomic E-state index is 12.3. The highest BCUT2D eigenvalue weighted by Gasteiger charge is 2.19. The van der Waals surface area contributed by atoms with Crippen molar-refractivity contribution in [1.82, 2.24) is 0 Å². The Balaban J connectivity index is 1.67. The van der Waals surface area contributed by atoms with E-state index in [1.165, 1.54) is 0 Å². The molecular weight excluding hydrogens is 316 g/mol. The Morgan fingerprint density at radius 1 is 1.04 bits per heavy atom. The molecule has 3 rings (SSSR count). The Morgan fingerprint density at radius 3 is 2.44 bits per heavy atom. The minimum Gasteiger partial charge on any atom is -0.497 e. The highest BCUT2D eigenvalue weighted by Crippen LogP contribution is 2.24. The van der Waals surface area contributed by atoms with Crippen LogP contribution in [0.3, 0.4) is 0 Å². The van der Waals surface area contributed by atoms with Crippen molar-refractivity contribution >= 4 is 23.1 Å². The second-order valence-electron chi connectivity index (χ2n) is 5.92. The third-order valence-corrected chi connectivity index (χ3v) is 4.24. The molecule has 0 aliphatic heterocycles. The minimum absolute atomic E-state index is 0.189. The number of rotatable bonds is 5. The van der Waals surface area contributed by atoms with E-state index in [-0.39, 0.29) is 11.7 Å². The first-order valence-corrected chi connectivity index (χ1v) is 8.12. The van der Waals surface area contributed by atoms with Crippen LogP contribution in [0, 0.1) is 0 Å². The molecule has 0 unspecified atom stereocenters. The summed E-state index contributed by atoms with van der Waals surface area (Å²) in [5.41, 5.74) is 3.85. The zero-order valence-corrected chi connectivity index (χ0v) is 14.3. The van der Waals surface area contributed by atoms with Crippen LogP contribution in [0.4, 0.5) is 11.4 Å². The van der Waals surface area contributed by atoms with E-state index >= 15 is 0 Å². The van der Waals surface area contributed by atoms with Crippen LogP contribution in [-0.4, -0.2) is 18.8 Å². The number of Topliss-reactive ketones (excluding diaryl/α,β-unsaturated/α-hetero) is 1. The molecule has 2 aromatic carbocycles. The number of carbonyl (C=O) groups is 2. The summed E-state index contributed by atoms with van der Waals surface area (Å²) in [4.78, 5) is 23.9. The molecule has 1 amide bonds. The summed E-state index contributed by atoms with van der Waals surface area (Å²) in [5.74, 6) is 0.690. The van der Waals surface area contributed by atoms with Crippen molar-refractivity contribution in [3.05, 3.63) is 65.4 Å². The molecule has 0 aromatic heterocycles. The van der Waals surface area contributed by atoms with Crippen molar-refractivity contribution in [2.75, 3.05) is 17.7 Å². The number of hydrogen-bond acceptors (Lipinski definition) is 4. The zero-order chi connectivity index (χ0) is 17.8. The van der Waals surface area contributed by atoms with Crippen LogP contribution < -0.4 is 15.4 Å². The summed E-state index contributed by atoms with van der Waals surface area (Å²) in [6, 6.07) is 14.4. The first-order valence-electron chi connectivity index (χ1n) is 8.12. The molecule has 2 aromatic rings. The smallest absolute Gasteiger partial charge is 0.255 e. The predicted octanol–water partition coefficient (Wildman–Crippen LogP) is 4.00. The van der Waals surface area contributed by atoms with Crippen LogP contribution in [0.5, 0.6) is 5.75 Å². The van der Waals surface area contributed by atoms with E-state index in [2.05, 4.69) is 10.6 Å². The van der Waals surface area contributed by atoms with Gasteiger partial charge < -0.3 is 15.4 Å². The molecule has 128 valence electrons. The molecule has 0 heterocycles. The number of methoxy groups -OCH3 is 1. The van der Waals surface area contributed by atoms with Gasteiger partial charge in [0.15, 0.2) is 5.78 Å². The van der Waals surface area contributed by atoms with Gasteiger partial charge in [-0.2, -0.15) is 0 Å². The van der Waals surface area contributed by atoms with E-state index in [1.807, 2.05) is 37.3 Å². The lowest BCUT2D eigenvalue weighted by Gasteiger charge is -2.10. The van der Waals surface area contributed by atoms with Gasteiger partial charge >= 0.3 is 0 Å². The van der Waals surface area contributed by atoms with Gasteiger partial charge in [0.25, 0.3) is 5.91 Å². The molecule has 1 aliphatic carbocycles. The van der Waals surface area contributed by atoms with Crippen molar-refractivity contribution in [2.45, 2.75) is 19.8 Å². The van der Waals surface area contributed by atoms with Gasteiger partial charge in [-0.15, -0.1) is 0 Å². The lowest BCUT2D eigenvalue weighted by atomic mass is 10.1. The van der Waals surface area contributed by atoms with Crippen molar-refractivity contribution in [3.8, 4) is 5.75 Å². The van der Waals surface area contributed by atoms with Gasteiger partial charge in [-0.1, -0.05) is 6.07 Å². The summed E-state index contributed by atoms with van der Waals surface area (Å²) in [5, 5.41) is 6.11. The normalized spacial score (nSPS) is 13.8. The van der Waals surface area contributed by atoms with Crippen LogP contribution in [0.25, 0.3) is 0 Å². The highest BCUT2D eigenvalue weighted by molar-refractivity contribution is 6.04. The number of nitrogens with one attached hydrogen (secondary N) is 2. The standard InChI is InChI=1S/C20H20N2O3/c1-13-18(10-11-19(13)23)21-15-8-6-14(7-9-15)20(24)22-16-4-3-5-17(12-16)25-2/h3-9,12,21H,10-11H2,1-2H3,(H,22,24). The third-order valence-electron chi connectivity index (χ3n) is 4.24. The van der Waals surface area contributed by atoms with Crippen LogP contribution in [0.15, 0.2) is 59.8 Å². The van der Waals surface area contributed by atoms with Crippen molar-refractivity contribution in [3.63, 3.8) is 0 Å². The average molecular weight is 336 g/mol. The Morgan fingerprint density at radius 2 is 1.80 bits per heavy atom. The number of hydrogen-bond donors (Lipinski definition) is 2. The van der Waals surface area contributed by atoms with Gasteiger partial charge in [-0.25, -0.2) is 0 Å². The lowest BCUT2D eigenvalue weighted by molar-refractivity contribution is -0.114. The summed E-state index contributed by atoms with van der Waals surface area (Å²) in [7, 11) is 1.59. The SMILES string of the molecule is COc1cccc(NC(=O)c2ccc(NC3=C(C)C(=O)CC3)cc2)c1. The van der Waals surface area contributed by atoms with Gasteiger partial charge in [0.1, 0.15) is 5.75 Å². The molecule has 2 N–H and O–H groups in total. The molecule has 5 nitrogen and oxygen atoms in total. The Bertz CT molecular complexity index is 838. The molecule has 0 atom stereocenters.